The average molecular weight is 552 g/mol. The normalized spacial score (nSPS) is 14.3. The number of carbonyl (C=O) groups excluding carboxylic acids is 3. The maximum absolute atomic E-state index is 14.2. The van der Waals surface area contributed by atoms with Gasteiger partial charge in [-0.15, -0.1) is 0 Å². The quantitative estimate of drug-likeness (QED) is 0.344. The van der Waals surface area contributed by atoms with E-state index in [-0.39, 0.29) is 28.2 Å². The van der Waals surface area contributed by atoms with Gasteiger partial charge in [-0.05, 0) is 73.3 Å². The van der Waals surface area contributed by atoms with Gasteiger partial charge in [-0.3, -0.25) is 19.3 Å². The van der Waals surface area contributed by atoms with Crippen LogP contribution >= 0.6 is 11.5 Å². The standard InChI is InChI=1S/C28H33N5O5S/c1-3-38-21-15-11-19(12-16-21)33(28(36)25-22(29)23(26(30)34)32-39-25)24(17-9-13-20(37-2)14-10-17)27(35)31-18-7-5-4-6-8-18/h9-16,18,24H,3-8,29H2,1-2H3,(H2,30,34)(H,31,35)/t24-/m0/s1. The van der Waals surface area contributed by atoms with Crippen LogP contribution in [0.5, 0.6) is 11.5 Å². The van der Waals surface area contributed by atoms with E-state index in [1.165, 1.54) is 4.90 Å². The molecule has 1 heterocycles. The molecule has 1 saturated carbocycles. The van der Waals surface area contributed by atoms with Gasteiger partial charge in [-0.2, -0.15) is 4.37 Å². The number of anilines is 2. The number of nitrogens with zero attached hydrogens (tertiary/aromatic N) is 2. The third-order valence-electron chi connectivity index (χ3n) is 6.69. The van der Waals surface area contributed by atoms with Gasteiger partial charge in [0.05, 0.1) is 19.4 Å². The van der Waals surface area contributed by atoms with Gasteiger partial charge >= 0.3 is 0 Å². The number of amides is 3. The molecule has 1 aliphatic carbocycles. The van der Waals surface area contributed by atoms with Gasteiger partial charge in [0.1, 0.15) is 22.4 Å². The van der Waals surface area contributed by atoms with E-state index >= 15 is 0 Å². The molecule has 0 aliphatic heterocycles. The van der Waals surface area contributed by atoms with Crippen molar-refractivity contribution in [2.24, 2.45) is 5.73 Å². The van der Waals surface area contributed by atoms with Crippen LogP contribution < -0.4 is 31.2 Å². The molecule has 10 nitrogen and oxygen atoms in total. The number of methoxy groups -OCH3 is 1. The fraction of sp³-hybridized carbons (Fsp3) is 0.357. The number of benzene rings is 2. The molecule has 0 bridgehead atoms. The van der Waals surface area contributed by atoms with E-state index in [4.69, 9.17) is 20.9 Å². The predicted octanol–water partition coefficient (Wildman–Crippen LogP) is 4.07. The molecule has 4 rings (SSSR count). The molecule has 0 spiro atoms. The van der Waals surface area contributed by atoms with E-state index in [2.05, 4.69) is 9.69 Å². The Morgan fingerprint density at radius 2 is 1.69 bits per heavy atom. The van der Waals surface area contributed by atoms with Crippen LogP contribution in [0.25, 0.3) is 0 Å². The second kappa shape index (κ2) is 12.6. The van der Waals surface area contributed by atoms with E-state index in [9.17, 15) is 14.4 Å². The fourth-order valence-electron chi connectivity index (χ4n) is 4.72. The molecule has 3 amide bonds. The van der Waals surface area contributed by atoms with Gasteiger partial charge in [-0.25, -0.2) is 0 Å². The topological polar surface area (TPSA) is 150 Å². The number of aromatic nitrogens is 1. The number of hydrogen-bond acceptors (Lipinski definition) is 8. The highest BCUT2D eigenvalue weighted by molar-refractivity contribution is 7.09. The monoisotopic (exact) mass is 551 g/mol. The lowest BCUT2D eigenvalue weighted by Crippen LogP contribution is -2.47. The molecule has 206 valence electrons. The number of ether oxygens (including phenoxy) is 2. The summed E-state index contributed by atoms with van der Waals surface area (Å²) in [7, 11) is 1.56. The van der Waals surface area contributed by atoms with Gasteiger partial charge in [0.15, 0.2) is 5.69 Å². The van der Waals surface area contributed by atoms with Crippen LogP contribution in [0.1, 0.15) is 70.8 Å². The van der Waals surface area contributed by atoms with E-state index in [1.54, 1.807) is 55.6 Å². The number of carbonyl (C=O) groups is 3. The summed E-state index contributed by atoms with van der Waals surface area (Å²) in [4.78, 5) is 41.4. The van der Waals surface area contributed by atoms with Crippen LogP contribution in [0.15, 0.2) is 48.5 Å². The summed E-state index contributed by atoms with van der Waals surface area (Å²) in [5, 5.41) is 3.17. The highest BCUT2D eigenvalue weighted by Gasteiger charge is 2.37. The highest BCUT2D eigenvalue weighted by Crippen LogP contribution is 2.35. The minimum atomic E-state index is -1.05. The zero-order valence-corrected chi connectivity index (χ0v) is 22.8. The third-order valence-corrected chi connectivity index (χ3v) is 7.54. The Labute approximate surface area is 231 Å². The fourth-order valence-corrected chi connectivity index (χ4v) is 5.47. The molecule has 0 saturated heterocycles. The second-order valence-electron chi connectivity index (χ2n) is 9.26. The Hall–Kier alpha value is -4.12. The Kier molecular flexibility index (Phi) is 9.03. The molecule has 2 aromatic carbocycles. The lowest BCUT2D eigenvalue weighted by molar-refractivity contribution is -0.123. The summed E-state index contributed by atoms with van der Waals surface area (Å²) >= 11 is 0.769. The predicted molar refractivity (Wildman–Crippen MR) is 150 cm³/mol. The van der Waals surface area contributed by atoms with Crippen molar-refractivity contribution in [2.45, 2.75) is 51.1 Å². The Balaban J connectivity index is 1.83. The summed E-state index contributed by atoms with van der Waals surface area (Å²) < 4.78 is 14.9. The number of rotatable bonds is 10. The van der Waals surface area contributed by atoms with E-state index in [0.717, 1.165) is 43.6 Å². The van der Waals surface area contributed by atoms with Crippen molar-refractivity contribution in [1.82, 2.24) is 9.69 Å². The van der Waals surface area contributed by atoms with Crippen molar-refractivity contribution < 1.29 is 23.9 Å². The van der Waals surface area contributed by atoms with Gasteiger partial charge in [0.25, 0.3) is 11.8 Å². The zero-order valence-electron chi connectivity index (χ0n) is 22.0. The molecule has 0 unspecified atom stereocenters. The van der Waals surface area contributed by atoms with E-state index in [0.29, 0.717) is 29.4 Å². The first kappa shape index (κ1) is 27.9. The lowest BCUT2D eigenvalue weighted by Gasteiger charge is -2.33. The third kappa shape index (κ3) is 6.31. The van der Waals surface area contributed by atoms with Crippen molar-refractivity contribution in [3.8, 4) is 11.5 Å². The average Bonchev–Trinajstić information content (AvgIpc) is 3.34. The molecular formula is C28H33N5O5S. The van der Waals surface area contributed by atoms with Gasteiger partial charge in [0.2, 0.25) is 5.91 Å². The molecule has 39 heavy (non-hydrogen) atoms. The summed E-state index contributed by atoms with van der Waals surface area (Å²) in [5.41, 5.74) is 12.3. The van der Waals surface area contributed by atoms with Crippen LogP contribution in [0.4, 0.5) is 11.4 Å². The Morgan fingerprint density at radius 1 is 1.05 bits per heavy atom. The van der Waals surface area contributed by atoms with Crippen LogP contribution in [-0.4, -0.2) is 41.9 Å². The van der Waals surface area contributed by atoms with Crippen molar-refractivity contribution >= 4 is 40.6 Å². The zero-order chi connectivity index (χ0) is 27.9. The first-order valence-corrected chi connectivity index (χ1v) is 13.7. The SMILES string of the molecule is CCOc1ccc(N(C(=O)c2snc(C(N)=O)c2N)[C@H](C(=O)NC2CCCCC2)c2ccc(OC)cc2)cc1. The summed E-state index contributed by atoms with van der Waals surface area (Å²) in [5.74, 6) is -0.512. The summed E-state index contributed by atoms with van der Waals surface area (Å²) in [6, 6.07) is 12.8. The molecule has 0 radical (unpaired) electrons. The molecular weight excluding hydrogens is 518 g/mol. The lowest BCUT2D eigenvalue weighted by atomic mass is 9.94. The van der Waals surface area contributed by atoms with Gasteiger partial charge in [0, 0.05) is 11.7 Å². The molecule has 3 aromatic rings. The van der Waals surface area contributed by atoms with Gasteiger partial charge < -0.3 is 26.3 Å². The molecule has 1 fully saturated rings. The summed E-state index contributed by atoms with van der Waals surface area (Å²) in [6.45, 7) is 2.36. The minimum Gasteiger partial charge on any atom is -0.497 e. The van der Waals surface area contributed by atoms with Gasteiger partial charge in [-0.1, -0.05) is 31.4 Å². The number of nitrogens with two attached hydrogens (primary N) is 2. The number of hydrogen-bond donors (Lipinski definition) is 3. The van der Waals surface area contributed by atoms with Crippen LogP contribution in [0, 0.1) is 0 Å². The minimum absolute atomic E-state index is 0.0132. The molecule has 11 heteroatoms. The van der Waals surface area contributed by atoms with Crippen molar-refractivity contribution in [1.29, 1.82) is 0 Å². The van der Waals surface area contributed by atoms with E-state index < -0.39 is 17.9 Å². The van der Waals surface area contributed by atoms with E-state index in [1.807, 2.05) is 6.92 Å². The maximum atomic E-state index is 14.2. The number of nitrogens with one attached hydrogen (secondary N) is 1. The van der Waals surface area contributed by atoms with Crippen molar-refractivity contribution in [2.75, 3.05) is 24.4 Å². The smallest absolute Gasteiger partial charge is 0.273 e. The largest absolute Gasteiger partial charge is 0.497 e. The second-order valence-corrected chi connectivity index (χ2v) is 10.0. The highest BCUT2D eigenvalue weighted by atomic mass is 32.1. The Bertz CT molecular complexity index is 1300. The molecule has 1 aliphatic rings. The number of primary amides is 1. The van der Waals surface area contributed by atoms with Crippen LogP contribution in [0.3, 0.4) is 0 Å². The first-order valence-electron chi connectivity index (χ1n) is 12.9. The summed E-state index contributed by atoms with van der Waals surface area (Å²) in [6.07, 6.45) is 4.96. The number of nitrogen functional groups attached to an aromatic ring is 1. The van der Waals surface area contributed by atoms with Crippen molar-refractivity contribution in [3.63, 3.8) is 0 Å². The maximum Gasteiger partial charge on any atom is 0.273 e. The molecule has 1 atom stereocenters. The van der Waals surface area contributed by atoms with Crippen LogP contribution in [0.2, 0.25) is 0 Å². The Morgan fingerprint density at radius 3 is 2.26 bits per heavy atom. The van der Waals surface area contributed by atoms with Crippen molar-refractivity contribution in [3.05, 3.63) is 64.7 Å². The first-order chi connectivity index (χ1) is 18.8. The van der Waals surface area contributed by atoms with Crippen LogP contribution in [-0.2, 0) is 4.79 Å². The molecule has 5 N–H and O–H groups in total. The molecule has 1 aromatic heterocycles.